The van der Waals surface area contributed by atoms with Crippen molar-refractivity contribution in [2.45, 2.75) is 25.4 Å². The monoisotopic (exact) mass is 189 g/mol. The van der Waals surface area contributed by atoms with Gasteiger partial charge in [0.2, 0.25) is 0 Å². The average Bonchev–Trinajstić information content (AvgIpc) is 1.95. The van der Waals surface area contributed by atoms with E-state index in [1.807, 2.05) is 21.1 Å². The minimum atomic E-state index is -1.09. The Morgan fingerprint density at radius 2 is 1.92 bits per heavy atom. The maximum absolute atomic E-state index is 10.1. The van der Waals surface area contributed by atoms with Gasteiger partial charge in [0.15, 0.2) is 0 Å². The summed E-state index contributed by atoms with van der Waals surface area (Å²) in [6, 6.07) is 0. The molecule has 13 heavy (non-hydrogen) atoms. The van der Waals surface area contributed by atoms with Crippen LogP contribution in [-0.2, 0) is 4.79 Å². The Labute approximate surface area is 79.4 Å². The first-order chi connectivity index (χ1) is 5.81. The molecule has 1 N–H and O–H groups in total. The number of hydrogen-bond donors (Lipinski definition) is 1. The third-order valence-corrected chi connectivity index (χ3v) is 1.81. The number of carbonyl (C=O) groups excluding carboxylic acids is 1. The quantitative estimate of drug-likeness (QED) is 0.544. The molecule has 0 aromatic carbocycles. The highest BCUT2D eigenvalue weighted by Crippen LogP contribution is 2.04. The van der Waals surface area contributed by atoms with Crippen molar-refractivity contribution in [3.63, 3.8) is 0 Å². The van der Waals surface area contributed by atoms with Gasteiger partial charge in [0.05, 0.1) is 33.8 Å². The summed E-state index contributed by atoms with van der Waals surface area (Å²) in [6.45, 7) is 0.841. The molecule has 0 aliphatic carbocycles. The van der Waals surface area contributed by atoms with E-state index in [0.717, 1.165) is 11.0 Å². The summed E-state index contributed by atoms with van der Waals surface area (Å²) in [5.41, 5.74) is 0. The molecule has 0 spiro atoms. The number of hydrogen-bond acceptors (Lipinski definition) is 3. The van der Waals surface area contributed by atoms with E-state index in [1.165, 1.54) is 0 Å². The van der Waals surface area contributed by atoms with Crippen LogP contribution in [0.3, 0.4) is 0 Å². The number of rotatable bonds is 6. The van der Waals surface area contributed by atoms with Crippen LogP contribution in [0.1, 0.15) is 19.3 Å². The van der Waals surface area contributed by atoms with Crippen LogP contribution >= 0.6 is 0 Å². The molecule has 0 radical (unpaired) electrons. The molecule has 0 aromatic rings. The summed E-state index contributed by atoms with van der Waals surface area (Å²) < 4.78 is 0.780. The van der Waals surface area contributed by atoms with Crippen molar-refractivity contribution in [2.75, 3.05) is 27.7 Å². The fraction of sp³-hybridized carbons (Fsp3) is 0.889. The average molecular weight is 189 g/mol. The van der Waals surface area contributed by atoms with Gasteiger partial charge in [-0.2, -0.15) is 0 Å². The van der Waals surface area contributed by atoms with Gasteiger partial charge >= 0.3 is 0 Å². The van der Waals surface area contributed by atoms with Gasteiger partial charge in [-0.1, -0.05) is 0 Å². The second-order valence-corrected chi connectivity index (χ2v) is 4.37. The molecule has 0 aromatic heterocycles. The predicted octanol–water partition coefficient (Wildman–Crippen LogP) is -1.03. The number of aliphatic hydroxyl groups excluding tert-OH is 1. The van der Waals surface area contributed by atoms with Crippen molar-refractivity contribution >= 4 is 5.97 Å². The van der Waals surface area contributed by atoms with Crippen molar-refractivity contribution in [3.05, 3.63) is 0 Å². The zero-order valence-corrected chi connectivity index (χ0v) is 8.62. The van der Waals surface area contributed by atoms with Crippen molar-refractivity contribution in [2.24, 2.45) is 0 Å². The fourth-order valence-corrected chi connectivity index (χ4v) is 0.965. The van der Waals surface area contributed by atoms with Crippen LogP contribution in [0.25, 0.3) is 0 Å². The number of nitrogens with zero attached hydrogens (tertiary/aromatic N) is 1. The molecule has 0 rings (SSSR count). The smallest absolute Gasteiger partial charge is 0.0805 e. The standard InChI is InChI=1S/C9H19NO3/c1-10(2,3)7-6-8(11)4-5-9(12)13/h8,11H,4-7H2,1-3H3. The Morgan fingerprint density at radius 3 is 2.31 bits per heavy atom. The van der Waals surface area contributed by atoms with E-state index in [-0.39, 0.29) is 6.42 Å². The number of carboxylic acid groups (broad SMARTS) is 1. The summed E-state index contributed by atoms with van der Waals surface area (Å²) in [6.07, 6.45) is 0.354. The summed E-state index contributed by atoms with van der Waals surface area (Å²) in [4.78, 5) is 10.1. The predicted molar refractivity (Wildman–Crippen MR) is 47.8 cm³/mol. The molecule has 0 aliphatic heterocycles. The minimum Gasteiger partial charge on any atom is -0.550 e. The summed E-state index contributed by atoms with van der Waals surface area (Å²) in [7, 11) is 6.10. The molecule has 4 heteroatoms. The first-order valence-electron chi connectivity index (χ1n) is 4.49. The maximum Gasteiger partial charge on any atom is 0.0805 e. The lowest BCUT2D eigenvalue weighted by Gasteiger charge is -2.25. The van der Waals surface area contributed by atoms with E-state index in [0.29, 0.717) is 12.8 Å². The van der Waals surface area contributed by atoms with Gasteiger partial charge in [0.25, 0.3) is 0 Å². The molecule has 0 heterocycles. The fourth-order valence-electron chi connectivity index (χ4n) is 0.965. The molecule has 1 unspecified atom stereocenters. The van der Waals surface area contributed by atoms with E-state index in [2.05, 4.69) is 0 Å². The number of aliphatic hydroxyl groups is 1. The summed E-state index contributed by atoms with van der Waals surface area (Å²) >= 11 is 0. The van der Waals surface area contributed by atoms with E-state index < -0.39 is 12.1 Å². The van der Waals surface area contributed by atoms with Crippen LogP contribution in [0.2, 0.25) is 0 Å². The Morgan fingerprint density at radius 1 is 1.38 bits per heavy atom. The van der Waals surface area contributed by atoms with Crippen LogP contribution in [0.15, 0.2) is 0 Å². The second kappa shape index (κ2) is 5.19. The number of aliphatic carboxylic acids is 1. The van der Waals surface area contributed by atoms with Crippen molar-refractivity contribution in [1.29, 1.82) is 0 Å². The Kier molecular flexibility index (Phi) is 4.95. The topological polar surface area (TPSA) is 60.4 Å². The Balaban J connectivity index is 3.52. The van der Waals surface area contributed by atoms with E-state index in [4.69, 9.17) is 0 Å². The normalized spacial score (nSPS) is 14.2. The minimum absolute atomic E-state index is 0.0572. The lowest BCUT2D eigenvalue weighted by atomic mass is 10.1. The molecule has 1 atom stereocenters. The third kappa shape index (κ3) is 9.30. The van der Waals surface area contributed by atoms with Gasteiger partial charge in [0.1, 0.15) is 0 Å². The molecule has 0 saturated heterocycles. The zero-order chi connectivity index (χ0) is 10.5. The molecular formula is C9H19NO3. The van der Waals surface area contributed by atoms with E-state index >= 15 is 0 Å². The van der Waals surface area contributed by atoms with Gasteiger partial charge in [-0.15, -0.1) is 0 Å². The Hall–Kier alpha value is -0.610. The molecule has 0 fully saturated rings. The van der Waals surface area contributed by atoms with E-state index in [1.54, 1.807) is 0 Å². The van der Waals surface area contributed by atoms with Crippen LogP contribution in [-0.4, -0.2) is 49.4 Å². The maximum atomic E-state index is 10.1. The highest BCUT2D eigenvalue weighted by atomic mass is 16.4. The Bertz CT molecular complexity index is 163. The molecule has 0 saturated carbocycles. The van der Waals surface area contributed by atoms with Gasteiger partial charge in [-0.3, -0.25) is 0 Å². The molecule has 78 valence electrons. The number of quaternary nitrogens is 1. The van der Waals surface area contributed by atoms with Crippen LogP contribution in [0.4, 0.5) is 0 Å². The van der Waals surface area contributed by atoms with Gasteiger partial charge < -0.3 is 19.5 Å². The van der Waals surface area contributed by atoms with Gasteiger partial charge in [-0.25, -0.2) is 0 Å². The number of carboxylic acids is 1. The highest BCUT2D eigenvalue weighted by Gasteiger charge is 2.11. The van der Waals surface area contributed by atoms with Crippen LogP contribution in [0, 0.1) is 0 Å². The molecular weight excluding hydrogens is 170 g/mol. The summed E-state index contributed by atoms with van der Waals surface area (Å²) in [5, 5.41) is 19.4. The van der Waals surface area contributed by atoms with Crippen molar-refractivity contribution < 1.29 is 19.5 Å². The number of carbonyl (C=O) groups is 1. The summed E-state index contributed by atoms with van der Waals surface area (Å²) in [5.74, 6) is -1.09. The van der Waals surface area contributed by atoms with Crippen molar-refractivity contribution in [1.82, 2.24) is 0 Å². The molecule has 0 aliphatic rings. The first kappa shape index (κ1) is 12.4. The zero-order valence-electron chi connectivity index (χ0n) is 8.62. The lowest BCUT2D eigenvalue weighted by Crippen LogP contribution is -2.37. The van der Waals surface area contributed by atoms with Crippen LogP contribution in [0.5, 0.6) is 0 Å². The SMILES string of the molecule is C[N+](C)(C)CCC(O)CCC(=O)[O-]. The highest BCUT2D eigenvalue weighted by molar-refractivity contribution is 5.64. The van der Waals surface area contributed by atoms with Crippen LogP contribution < -0.4 is 5.11 Å². The lowest BCUT2D eigenvalue weighted by molar-refractivity contribution is -0.870. The third-order valence-electron chi connectivity index (χ3n) is 1.81. The van der Waals surface area contributed by atoms with E-state index in [9.17, 15) is 15.0 Å². The molecule has 4 nitrogen and oxygen atoms in total. The second-order valence-electron chi connectivity index (χ2n) is 4.37. The van der Waals surface area contributed by atoms with Gasteiger partial charge in [-0.05, 0) is 12.8 Å². The van der Waals surface area contributed by atoms with Gasteiger partial charge in [0, 0.05) is 12.4 Å². The first-order valence-corrected chi connectivity index (χ1v) is 4.49. The molecule has 0 amide bonds. The van der Waals surface area contributed by atoms with Crippen molar-refractivity contribution in [3.8, 4) is 0 Å². The molecule has 0 bridgehead atoms. The largest absolute Gasteiger partial charge is 0.550 e.